The normalized spacial score (nSPS) is 22.1. The SMILES string of the molecule is CC.COC(=O)C1CCCNC1. The molecule has 0 aromatic carbocycles. The first-order valence-corrected chi connectivity index (χ1v) is 4.63. The molecule has 1 atom stereocenters. The van der Waals surface area contributed by atoms with Gasteiger partial charge in [0.25, 0.3) is 0 Å². The Morgan fingerprint density at radius 1 is 1.50 bits per heavy atom. The van der Waals surface area contributed by atoms with E-state index < -0.39 is 0 Å². The van der Waals surface area contributed by atoms with Crippen molar-refractivity contribution in [2.24, 2.45) is 5.92 Å². The highest BCUT2D eigenvalue weighted by molar-refractivity contribution is 5.72. The highest BCUT2D eigenvalue weighted by Gasteiger charge is 2.20. The molecule has 0 spiro atoms. The summed E-state index contributed by atoms with van der Waals surface area (Å²) >= 11 is 0. The van der Waals surface area contributed by atoms with E-state index in [1.165, 1.54) is 7.11 Å². The van der Waals surface area contributed by atoms with Gasteiger partial charge in [0, 0.05) is 6.54 Å². The molecular weight excluding hydrogens is 154 g/mol. The van der Waals surface area contributed by atoms with E-state index in [9.17, 15) is 4.79 Å². The van der Waals surface area contributed by atoms with Gasteiger partial charge in [0.15, 0.2) is 0 Å². The number of nitrogens with one attached hydrogen (secondary N) is 1. The fourth-order valence-corrected chi connectivity index (χ4v) is 1.22. The standard InChI is InChI=1S/C7H13NO2.C2H6/c1-10-7(9)6-3-2-4-8-5-6;1-2/h6,8H,2-5H2,1H3;1-2H3. The van der Waals surface area contributed by atoms with Crippen LogP contribution in [0.15, 0.2) is 0 Å². The second kappa shape index (κ2) is 7.10. The van der Waals surface area contributed by atoms with Crippen LogP contribution in [-0.2, 0) is 9.53 Å². The van der Waals surface area contributed by atoms with E-state index in [-0.39, 0.29) is 11.9 Å². The molecular formula is C9H19NO2. The van der Waals surface area contributed by atoms with Crippen LogP contribution < -0.4 is 5.32 Å². The predicted molar refractivity (Wildman–Crippen MR) is 49.0 cm³/mol. The number of ether oxygens (including phenoxy) is 1. The van der Waals surface area contributed by atoms with Crippen LogP contribution in [0.5, 0.6) is 0 Å². The Labute approximate surface area is 74.5 Å². The van der Waals surface area contributed by atoms with Gasteiger partial charge in [-0.05, 0) is 19.4 Å². The molecule has 1 heterocycles. The van der Waals surface area contributed by atoms with E-state index in [0.717, 1.165) is 25.9 Å². The van der Waals surface area contributed by atoms with Crippen molar-refractivity contribution in [2.45, 2.75) is 26.7 Å². The summed E-state index contributed by atoms with van der Waals surface area (Å²) in [6.45, 7) is 5.82. The van der Waals surface area contributed by atoms with Gasteiger partial charge in [0.05, 0.1) is 13.0 Å². The highest BCUT2D eigenvalue weighted by atomic mass is 16.5. The summed E-state index contributed by atoms with van der Waals surface area (Å²) in [7, 11) is 1.44. The summed E-state index contributed by atoms with van der Waals surface area (Å²) < 4.78 is 4.61. The summed E-state index contributed by atoms with van der Waals surface area (Å²) in [5.74, 6) is 0.0194. The Bertz CT molecular complexity index is 120. The Morgan fingerprint density at radius 2 is 2.17 bits per heavy atom. The summed E-state index contributed by atoms with van der Waals surface area (Å²) in [5, 5.41) is 3.15. The van der Waals surface area contributed by atoms with Crippen LogP contribution in [0.1, 0.15) is 26.7 Å². The summed E-state index contributed by atoms with van der Waals surface area (Å²) in [6, 6.07) is 0. The third-order valence-corrected chi connectivity index (χ3v) is 1.83. The quantitative estimate of drug-likeness (QED) is 0.605. The molecule has 3 nitrogen and oxygen atoms in total. The van der Waals surface area contributed by atoms with Crippen LogP contribution in [0.3, 0.4) is 0 Å². The minimum absolute atomic E-state index is 0.0767. The Balaban J connectivity index is 0.000000561. The average Bonchev–Trinajstić information content (AvgIpc) is 2.21. The van der Waals surface area contributed by atoms with Gasteiger partial charge in [-0.2, -0.15) is 0 Å². The number of rotatable bonds is 1. The molecule has 0 aliphatic carbocycles. The maximum atomic E-state index is 10.9. The Hall–Kier alpha value is -0.570. The van der Waals surface area contributed by atoms with Crippen LogP contribution in [0.25, 0.3) is 0 Å². The minimum Gasteiger partial charge on any atom is -0.469 e. The Morgan fingerprint density at radius 3 is 2.58 bits per heavy atom. The summed E-state index contributed by atoms with van der Waals surface area (Å²) in [6.07, 6.45) is 2.05. The first kappa shape index (κ1) is 11.4. The lowest BCUT2D eigenvalue weighted by Gasteiger charge is -2.19. The molecule has 0 radical (unpaired) electrons. The lowest BCUT2D eigenvalue weighted by Crippen LogP contribution is -2.34. The second-order valence-electron chi connectivity index (χ2n) is 2.57. The van der Waals surface area contributed by atoms with Gasteiger partial charge in [-0.25, -0.2) is 0 Å². The van der Waals surface area contributed by atoms with Crippen LogP contribution in [-0.4, -0.2) is 26.2 Å². The molecule has 0 amide bonds. The van der Waals surface area contributed by atoms with Crippen molar-refractivity contribution < 1.29 is 9.53 Å². The van der Waals surface area contributed by atoms with Crippen molar-refractivity contribution in [1.29, 1.82) is 0 Å². The highest BCUT2D eigenvalue weighted by Crippen LogP contribution is 2.10. The number of esters is 1. The number of carbonyl (C=O) groups is 1. The molecule has 0 aromatic heterocycles. The molecule has 1 aliphatic heterocycles. The molecule has 1 aliphatic rings. The summed E-state index contributed by atoms with van der Waals surface area (Å²) in [5.41, 5.74) is 0. The lowest BCUT2D eigenvalue weighted by molar-refractivity contribution is -0.145. The van der Waals surface area contributed by atoms with Crippen molar-refractivity contribution in [3.05, 3.63) is 0 Å². The van der Waals surface area contributed by atoms with Crippen LogP contribution >= 0.6 is 0 Å². The molecule has 0 bridgehead atoms. The van der Waals surface area contributed by atoms with Crippen LogP contribution in [0.2, 0.25) is 0 Å². The van der Waals surface area contributed by atoms with E-state index in [4.69, 9.17) is 0 Å². The minimum atomic E-state index is -0.0767. The predicted octanol–water partition coefficient (Wildman–Crippen LogP) is 1.19. The molecule has 0 aromatic rings. The van der Waals surface area contributed by atoms with Gasteiger partial charge in [0.2, 0.25) is 0 Å². The number of carbonyl (C=O) groups excluding carboxylic acids is 1. The topological polar surface area (TPSA) is 38.3 Å². The van der Waals surface area contributed by atoms with E-state index in [1.807, 2.05) is 13.8 Å². The average molecular weight is 173 g/mol. The maximum absolute atomic E-state index is 10.9. The van der Waals surface area contributed by atoms with Gasteiger partial charge in [-0.3, -0.25) is 4.79 Å². The third-order valence-electron chi connectivity index (χ3n) is 1.83. The van der Waals surface area contributed by atoms with Crippen molar-refractivity contribution in [3.63, 3.8) is 0 Å². The van der Waals surface area contributed by atoms with Crippen molar-refractivity contribution >= 4 is 5.97 Å². The first-order valence-electron chi connectivity index (χ1n) is 4.63. The summed E-state index contributed by atoms with van der Waals surface area (Å²) in [4.78, 5) is 10.9. The molecule has 1 fully saturated rings. The molecule has 1 rings (SSSR count). The van der Waals surface area contributed by atoms with Crippen LogP contribution in [0, 0.1) is 5.92 Å². The third kappa shape index (κ3) is 3.72. The van der Waals surface area contributed by atoms with Crippen molar-refractivity contribution in [2.75, 3.05) is 20.2 Å². The smallest absolute Gasteiger partial charge is 0.309 e. The van der Waals surface area contributed by atoms with Gasteiger partial charge in [-0.1, -0.05) is 13.8 Å². The van der Waals surface area contributed by atoms with E-state index in [0.29, 0.717) is 0 Å². The molecule has 1 saturated heterocycles. The molecule has 0 saturated carbocycles. The first-order chi connectivity index (χ1) is 5.84. The molecule has 72 valence electrons. The largest absolute Gasteiger partial charge is 0.469 e. The van der Waals surface area contributed by atoms with Gasteiger partial charge in [-0.15, -0.1) is 0 Å². The molecule has 3 heteroatoms. The zero-order valence-electron chi connectivity index (χ0n) is 8.22. The lowest BCUT2D eigenvalue weighted by atomic mass is 10.0. The zero-order valence-corrected chi connectivity index (χ0v) is 8.22. The zero-order chi connectivity index (χ0) is 9.40. The van der Waals surface area contributed by atoms with Crippen LogP contribution in [0.4, 0.5) is 0 Å². The number of hydrogen-bond donors (Lipinski definition) is 1. The Kier molecular flexibility index (Phi) is 6.76. The second-order valence-corrected chi connectivity index (χ2v) is 2.57. The number of methoxy groups -OCH3 is 1. The van der Waals surface area contributed by atoms with Gasteiger partial charge in [0.1, 0.15) is 0 Å². The monoisotopic (exact) mass is 173 g/mol. The number of piperidine rings is 1. The van der Waals surface area contributed by atoms with E-state index in [2.05, 4.69) is 10.1 Å². The van der Waals surface area contributed by atoms with E-state index in [1.54, 1.807) is 0 Å². The fraction of sp³-hybridized carbons (Fsp3) is 0.889. The van der Waals surface area contributed by atoms with E-state index >= 15 is 0 Å². The van der Waals surface area contributed by atoms with Gasteiger partial charge >= 0.3 is 5.97 Å². The molecule has 1 unspecified atom stereocenters. The molecule has 1 N–H and O–H groups in total. The number of hydrogen-bond acceptors (Lipinski definition) is 3. The molecule has 12 heavy (non-hydrogen) atoms. The fourth-order valence-electron chi connectivity index (χ4n) is 1.22. The maximum Gasteiger partial charge on any atom is 0.309 e. The van der Waals surface area contributed by atoms with Gasteiger partial charge < -0.3 is 10.1 Å². The van der Waals surface area contributed by atoms with Crippen molar-refractivity contribution in [1.82, 2.24) is 5.32 Å². The van der Waals surface area contributed by atoms with Crippen molar-refractivity contribution in [3.8, 4) is 0 Å².